The number of ether oxygens (including phenoxy) is 1. The summed E-state index contributed by atoms with van der Waals surface area (Å²) in [7, 11) is 1.59. The molecular formula is C19H25N5O3. The number of hydrogen-bond acceptors (Lipinski definition) is 7. The highest BCUT2D eigenvalue weighted by molar-refractivity contribution is 5.95. The molecule has 0 spiro atoms. The lowest BCUT2D eigenvalue weighted by Gasteiger charge is -2.14. The van der Waals surface area contributed by atoms with Gasteiger partial charge in [-0.25, -0.2) is 9.97 Å². The van der Waals surface area contributed by atoms with Crippen molar-refractivity contribution in [3.63, 3.8) is 0 Å². The topological polar surface area (TPSA) is 99.6 Å². The molecule has 1 saturated heterocycles. The molecule has 144 valence electrons. The molecule has 2 aromatic rings. The predicted molar refractivity (Wildman–Crippen MR) is 103 cm³/mol. The third-order valence-electron chi connectivity index (χ3n) is 4.45. The van der Waals surface area contributed by atoms with Crippen LogP contribution < -0.4 is 15.4 Å². The Morgan fingerprint density at radius 1 is 1.33 bits per heavy atom. The Morgan fingerprint density at radius 2 is 2.15 bits per heavy atom. The first-order valence-corrected chi connectivity index (χ1v) is 9.13. The van der Waals surface area contributed by atoms with Gasteiger partial charge in [0.1, 0.15) is 5.75 Å². The number of aromatic nitrogens is 2. The molecule has 2 heterocycles. The molecular weight excluding hydrogens is 346 g/mol. The van der Waals surface area contributed by atoms with Crippen LogP contribution in [0.15, 0.2) is 30.5 Å². The summed E-state index contributed by atoms with van der Waals surface area (Å²) in [6.07, 6.45) is 4.59. The molecule has 0 atom stereocenters. The zero-order valence-corrected chi connectivity index (χ0v) is 15.4. The molecule has 1 aliphatic rings. The highest BCUT2D eigenvalue weighted by atomic mass is 16.5. The average molecular weight is 371 g/mol. The largest absolute Gasteiger partial charge is 0.504 e. The van der Waals surface area contributed by atoms with Crippen molar-refractivity contribution in [3.8, 4) is 11.5 Å². The van der Waals surface area contributed by atoms with E-state index in [2.05, 4.69) is 25.5 Å². The van der Waals surface area contributed by atoms with E-state index in [1.807, 2.05) is 18.2 Å². The third kappa shape index (κ3) is 5.30. The highest BCUT2D eigenvalue weighted by Gasteiger charge is 2.15. The van der Waals surface area contributed by atoms with Gasteiger partial charge in [0.15, 0.2) is 11.4 Å². The first-order chi connectivity index (χ1) is 13.2. The molecule has 1 aromatic carbocycles. The monoisotopic (exact) mass is 371 g/mol. The van der Waals surface area contributed by atoms with Crippen LogP contribution in [-0.2, 0) is 0 Å². The Kier molecular flexibility index (Phi) is 6.43. The first-order valence-electron chi connectivity index (χ1n) is 9.13. The number of benzene rings is 1. The van der Waals surface area contributed by atoms with Crippen molar-refractivity contribution in [1.29, 1.82) is 0 Å². The van der Waals surface area contributed by atoms with Gasteiger partial charge in [0.25, 0.3) is 5.91 Å². The van der Waals surface area contributed by atoms with Crippen molar-refractivity contribution in [3.05, 3.63) is 36.2 Å². The smallest absolute Gasteiger partial charge is 0.273 e. The summed E-state index contributed by atoms with van der Waals surface area (Å²) < 4.78 is 5.18. The van der Waals surface area contributed by atoms with E-state index in [9.17, 15) is 9.90 Å². The van der Waals surface area contributed by atoms with Crippen molar-refractivity contribution in [2.24, 2.45) is 0 Å². The van der Waals surface area contributed by atoms with E-state index in [-0.39, 0.29) is 17.4 Å². The van der Waals surface area contributed by atoms with E-state index in [1.165, 1.54) is 19.0 Å². The van der Waals surface area contributed by atoms with Crippen LogP contribution in [0.3, 0.4) is 0 Å². The van der Waals surface area contributed by atoms with Crippen molar-refractivity contribution in [2.75, 3.05) is 38.6 Å². The van der Waals surface area contributed by atoms with E-state index in [4.69, 9.17) is 4.74 Å². The summed E-state index contributed by atoms with van der Waals surface area (Å²) >= 11 is 0. The van der Waals surface area contributed by atoms with Crippen LogP contribution >= 0.6 is 0 Å². The lowest BCUT2D eigenvalue weighted by Crippen LogP contribution is -2.29. The van der Waals surface area contributed by atoms with Crippen LogP contribution in [-0.4, -0.2) is 59.2 Å². The summed E-state index contributed by atoms with van der Waals surface area (Å²) in [6.45, 7) is 3.79. The zero-order valence-electron chi connectivity index (χ0n) is 15.4. The molecule has 1 amide bonds. The molecule has 0 unspecified atom stereocenters. The van der Waals surface area contributed by atoms with E-state index in [0.29, 0.717) is 12.3 Å². The number of anilines is 2. The minimum absolute atomic E-state index is 0.0448. The van der Waals surface area contributed by atoms with Gasteiger partial charge in [0.05, 0.1) is 13.3 Å². The van der Waals surface area contributed by atoms with Crippen molar-refractivity contribution in [1.82, 2.24) is 20.2 Å². The van der Waals surface area contributed by atoms with Gasteiger partial charge in [-0.05, 0) is 51.0 Å². The van der Waals surface area contributed by atoms with Crippen LogP contribution in [0.1, 0.15) is 29.8 Å². The molecule has 0 saturated carbocycles. The summed E-state index contributed by atoms with van der Waals surface area (Å²) in [5.41, 5.74) is 0.675. The highest BCUT2D eigenvalue weighted by Crippen LogP contribution is 2.21. The number of amides is 1. The standard InChI is InChI=1S/C19H25N5O3/c1-27-15-7-4-6-14(12-15)22-19-21-13-16(25)17(23-19)18(26)20-8-5-11-24-9-2-3-10-24/h4,6-7,12-13,25H,2-3,5,8-11H2,1H3,(H,20,26)(H,21,22,23). The van der Waals surface area contributed by atoms with Crippen LogP contribution in [0.25, 0.3) is 0 Å². The van der Waals surface area contributed by atoms with E-state index in [0.717, 1.165) is 31.7 Å². The van der Waals surface area contributed by atoms with Crippen molar-refractivity contribution >= 4 is 17.5 Å². The van der Waals surface area contributed by atoms with Gasteiger partial charge in [0, 0.05) is 18.3 Å². The number of aromatic hydroxyl groups is 1. The van der Waals surface area contributed by atoms with Crippen LogP contribution in [0, 0.1) is 0 Å². The second-order valence-corrected chi connectivity index (χ2v) is 6.44. The van der Waals surface area contributed by atoms with Gasteiger partial charge in [-0.1, -0.05) is 6.07 Å². The predicted octanol–water partition coefficient (Wildman–Crippen LogP) is 2.15. The van der Waals surface area contributed by atoms with Gasteiger partial charge >= 0.3 is 0 Å². The molecule has 1 aliphatic heterocycles. The maximum atomic E-state index is 12.3. The van der Waals surface area contributed by atoms with Gasteiger partial charge in [0.2, 0.25) is 5.95 Å². The number of nitrogens with one attached hydrogen (secondary N) is 2. The summed E-state index contributed by atoms with van der Waals surface area (Å²) in [5.74, 6) is 0.256. The molecule has 1 fully saturated rings. The number of methoxy groups -OCH3 is 1. The Morgan fingerprint density at radius 3 is 2.93 bits per heavy atom. The van der Waals surface area contributed by atoms with Crippen molar-refractivity contribution < 1.29 is 14.6 Å². The van der Waals surface area contributed by atoms with Gasteiger partial charge < -0.3 is 25.4 Å². The molecule has 8 heteroatoms. The second kappa shape index (κ2) is 9.18. The summed E-state index contributed by atoms with van der Waals surface area (Å²) in [5, 5.41) is 15.8. The second-order valence-electron chi connectivity index (χ2n) is 6.44. The fourth-order valence-corrected chi connectivity index (χ4v) is 3.03. The number of carbonyl (C=O) groups excluding carboxylic acids is 1. The maximum absolute atomic E-state index is 12.3. The minimum atomic E-state index is -0.412. The molecule has 1 aromatic heterocycles. The third-order valence-corrected chi connectivity index (χ3v) is 4.45. The van der Waals surface area contributed by atoms with Crippen LogP contribution in [0.4, 0.5) is 11.6 Å². The molecule has 3 rings (SSSR count). The van der Waals surface area contributed by atoms with Gasteiger partial charge in [-0.2, -0.15) is 0 Å². The zero-order chi connectivity index (χ0) is 19.1. The Bertz CT molecular complexity index is 778. The first kappa shape index (κ1) is 18.9. The van der Waals surface area contributed by atoms with Crippen LogP contribution in [0.2, 0.25) is 0 Å². The van der Waals surface area contributed by atoms with Crippen molar-refractivity contribution in [2.45, 2.75) is 19.3 Å². The Hall–Kier alpha value is -2.87. The molecule has 8 nitrogen and oxygen atoms in total. The molecule has 3 N–H and O–H groups in total. The fourth-order valence-electron chi connectivity index (χ4n) is 3.03. The number of rotatable bonds is 8. The molecule has 0 aliphatic carbocycles. The molecule has 0 radical (unpaired) electrons. The lowest BCUT2D eigenvalue weighted by molar-refractivity contribution is 0.0944. The number of carbonyl (C=O) groups is 1. The SMILES string of the molecule is COc1cccc(Nc2ncc(O)c(C(=O)NCCCN3CCCC3)n2)c1. The summed E-state index contributed by atoms with van der Waals surface area (Å²) in [6, 6.07) is 7.27. The van der Waals surface area contributed by atoms with Gasteiger partial charge in [-0.3, -0.25) is 4.79 Å². The average Bonchev–Trinajstić information content (AvgIpc) is 3.20. The van der Waals surface area contributed by atoms with Gasteiger partial charge in [-0.15, -0.1) is 0 Å². The normalized spacial score (nSPS) is 14.1. The number of nitrogens with zero attached hydrogens (tertiary/aromatic N) is 3. The Balaban J connectivity index is 1.57. The summed E-state index contributed by atoms with van der Waals surface area (Å²) in [4.78, 5) is 22.9. The lowest BCUT2D eigenvalue weighted by atomic mass is 10.3. The quantitative estimate of drug-likeness (QED) is 0.611. The van der Waals surface area contributed by atoms with Crippen LogP contribution in [0.5, 0.6) is 11.5 Å². The number of likely N-dealkylation sites (tertiary alicyclic amines) is 1. The Labute approximate surface area is 158 Å². The maximum Gasteiger partial charge on any atom is 0.273 e. The minimum Gasteiger partial charge on any atom is -0.504 e. The fraction of sp³-hybridized carbons (Fsp3) is 0.421. The molecule has 0 bridgehead atoms. The van der Waals surface area contributed by atoms with E-state index < -0.39 is 5.91 Å². The van der Waals surface area contributed by atoms with E-state index >= 15 is 0 Å². The number of hydrogen-bond donors (Lipinski definition) is 3. The van der Waals surface area contributed by atoms with E-state index in [1.54, 1.807) is 13.2 Å². The molecule has 27 heavy (non-hydrogen) atoms.